The molecule has 3 nitrogen and oxygen atoms in total. The molecule has 0 saturated heterocycles. The van der Waals surface area contributed by atoms with Crippen molar-refractivity contribution in [3.63, 3.8) is 0 Å². The van der Waals surface area contributed by atoms with Gasteiger partial charge in [0.25, 0.3) is 0 Å². The third kappa shape index (κ3) is 3.24. The minimum absolute atomic E-state index is 0.207. The van der Waals surface area contributed by atoms with E-state index in [1.807, 2.05) is 0 Å². The number of sulfone groups is 1. The molecule has 2 N–H and O–H groups in total. The molecule has 1 aliphatic rings. The Morgan fingerprint density at radius 3 is 2.57 bits per heavy atom. The van der Waals surface area contributed by atoms with Gasteiger partial charge in [-0.3, -0.25) is 0 Å². The van der Waals surface area contributed by atoms with Crippen LogP contribution in [0.25, 0.3) is 0 Å². The number of nitrogens with two attached hydrogens (primary N) is 1. The molecule has 0 bridgehead atoms. The van der Waals surface area contributed by atoms with Gasteiger partial charge >= 0.3 is 0 Å². The zero-order valence-electron chi connectivity index (χ0n) is 9.12. The summed E-state index contributed by atoms with van der Waals surface area (Å²) in [5.74, 6) is 1.15. The van der Waals surface area contributed by atoms with Crippen molar-refractivity contribution >= 4 is 9.84 Å². The zero-order valence-corrected chi connectivity index (χ0v) is 9.94. The second kappa shape index (κ2) is 4.19. The van der Waals surface area contributed by atoms with Crippen LogP contribution in [-0.2, 0) is 9.84 Å². The molecule has 0 amide bonds. The fraction of sp³-hybridized carbons (Fsp3) is 1.00. The van der Waals surface area contributed by atoms with Crippen molar-refractivity contribution in [1.29, 1.82) is 0 Å². The third-order valence-corrected chi connectivity index (χ3v) is 4.95. The predicted molar refractivity (Wildman–Crippen MR) is 58.9 cm³/mol. The fourth-order valence-electron chi connectivity index (χ4n) is 2.16. The molecular formula is C10H21NO2S. The monoisotopic (exact) mass is 219 g/mol. The van der Waals surface area contributed by atoms with Gasteiger partial charge in [0.05, 0.1) is 5.75 Å². The van der Waals surface area contributed by atoms with Gasteiger partial charge in [0.1, 0.15) is 9.84 Å². The van der Waals surface area contributed by atoms with Crippen molar-refractivity contribution in [2.24, 2.45) is 11.7 Å². The Kier molecular flexibility index (Phi) is 3.58. The van der Waals surface area contributed by atoms with Gasteiger partial charge < -0.3 is 5.73 Å². The van der Waals surface area contributed by atoms with Crippen molar-refractivity contribution in [2.45, 2.75) is 45.1 Å². The molecule has 0 aromatic carbocycles. The molecule has 84 valence electrons. The van der Waals surface area contributed by atoms with E-state index < -0.39 is 9.84 Å². The van der Waals surface area contributed by atoms with Gasteiger partial charge in [-0.1, -0.05) is 13.8 Å². The Morgan fingerprint density at radius 2 is 2.14 bits per heavy atom. The lowest BCUT2D eigenvalue weighted by atomic mass is 9.95. The summed E-state index contributed by atoms with van der Waals surface area (Å²) in [4.78, 5) is 0. The summed E-state index contributed by atoms with van der Waals surface area (Å²) in [7, 11) is -2.84. The second-order valence-electron chi connectivity index (χ2n) is 4.70. The molecule has 0 radical (unpaired) electrons. The van der Waals surface area contributed by atoms with Crippen LogP contribution >= 0.6 is 0 Å². The van der Waals surface area contributed by atoms with E-state index in [2.05, 4.69) is 6.92 Å². The lowest BCUT2D eigenvalue weighted by Crippen LogP contribution is -2.38. The van der Waals surface area contributed by atoms with Crippen molar-refractivity contribution in [1.82, 2.24) is 0 Å². The first kappa shape index (κ1) is 12.0. The number of rotatable bonds is 4. The molecule has 0 aromatic rings. The summed E-state index contributed by atoms with van der Waals surface area (Å²) in [6.07, 6.45) is 3.73. The second-order valence-corrected chi connectivity index (χ2v) is 7.17. The molecule has 2 atom stereocenters. The van der Waals surface area contributed by atoms with E-state index in [1.165, 1.54) is 0 Å². The molecule has 14 heavy (non-hydrogen) atoms. The maximum Gasteiger partial charge on any atom is 0.150 e. The maximum atomic E-state index is 11.3. The highest BCUT2D eigenvalue weighted by Gasteiger charge is 2.34. The summed E-state index contributed by atoms with van der Waals surface area (Å²) in [5.41, 5.74) is 5.94. The van der Waals surface area contributed by atoms with Crippen LogP contribution in [0.3, 0.4) is 0 Å². The van der Waals surface area contributed by atoms with Crippen molar-refractivity contribution in [2.75, 3.05) is 11.5 Å². The van der Waals surface area contributed by atoms with E-state index in [4.69, 9.17) is 5.73 Å². The lowest BCUT2D eigenvalue weighted by molar-refractivity contribution is 0.407. The standard InChI is InChI=1S/C10H21NO2S/c1-3-14(12,13)7-6-10(11)5-4-9(2)8-10/h9H,3-8,11H2,1-2H3. The minimum Gasteiger partial charge on any atom is -0.325 e. The summed E-state index contributed by atoms with van der Waals surface area (Å²) in [6.45, 7) is 3.87. The maximum absolute atomic E-state index is 11.3. The van der Waals surface area contributed by atoms with Gasteiger partial charge in [-0.15, -0.1) is 0 Å². The summed E-state index contributed by atoms with van der Waals surface area (Å²) < 4.78 is 22.6. The average Bonchev–Trinajstić information content (AvgIpc) is 2.45. The molecule has 4 heteroatoms. The Balaban J connectivity index is 2.46. The first-order valence-corrected chi connectivity index (χ1v) is 7.18. The lowest BCUT2D eigenvalue weighted by Gasteiger charge is -2.23. The summed E-state index contributed by atoms with van der Waals surface area (Å²) >= 11 is 0. The first-order chi connectivity index (χ1) is 6.37. The smallest absolute Gasteiger partial charge is 0.150 e. The van der Waals surface area contributed by atoms with Crippen molar-refractivity contribution < 1.29 is 8.42 Å². The van der Waals surface area contributed by atoms with E-state index in [9.17, 15) is 8.42 Å². The van der Waals surface area contributed by atoms with Gasteiger partial charge in [0.2, 0.25) is 0 Å². The summed E-state index contributed by atoms with van der Waals surface area (Å²) in [6, 6.07) is 0. The molecule has 1 saturated carbocycles. The fourth-order valence-corrected chi connectivity index (χ4v) is 3.17. The van der Waals surface area contributed by atoms with Gasteiger partial charge in [-0.05, 0) is 31.6 Å². The van der Waals surface area contributed by atoms with E-state index in [1.54, 1.807) is 6.92 Å². The van der Waals surface area contributed by atoms with Gasteiger partial charge in [-0.2, -0.15) is 0 Å². The van der Waals surface area contributed by atoms with E-state index in [0.29, 0.717) is 12.3 Å². The van der Waals surface area contributed by atoms with Crippen molar-refractivity contribution in [3.8, 4) is 0 Å². The van der Waals surface area contributed by atoms with Crippen LogP contribution < -0.4 is 5.73 Å². The molecule has 1 rings (SSSR count). The quantitative estimate of drug-likeness (QED) is 0.776. The number of hydrogen-bond donors (Lipinski definition) is 1. The largest absolute Gasteiger partial charge is 0.325 e. The van der Waals surface area contributed by atoms with Gasteiger partial charge in [-0.25, -0.2) is 8.42 Å². The number of hydrogen-bond acceptors (Lipinski definition) is 3. The SMILES string of the molecule is CCS(=O)(=O)CCC1(N)CCC(C)C1. The normalized spacial score (nSPS) is 33.5. The highest BCUT2D eigenvalue weighted by atomic mass is 32.2. The zero-order chi connectivity index (χ0) is 10.8. The van der Waals surface area contributed by atoms with Crippen LogP contribution in [0.2, 0.25) is 0 Å². The predicted octanol–water partition coefficient (Wildman–Crippen LogP) is 1.33. The summed E-state index contributed by atoms with van der Waals surface area (Å²) in [5, 5.41) is 0. The minimum atomic E-state index is -2.84. The topological polar surface area (TPSA) is 60.2 Å². The van der Waals surface area contributed by atoms with E-state index in [-0.39, 0.29) is 17.0 Å². The Hall–Kier alpha value is -0.0900. The Morgan fingerprint density at radius 1 is 1.50 bits per heavy atom. The highest BCUT2D eigenvalue weighted by Crippen LogP contribution is 2.34. The first-order valence-electron chi connectivity index (χ1n) is 5.36. The third-order valence-electron chi connectivity index (χ3n) is 3.24. The molecule has 1 fully saturated rings. The average molecular weight is 219 g/mol. The van der Waals surface area contributed by atoms with Crippen LogP contribution in [-0.4, -0.2) is 25.5 Å². The van der Waals surface area contributed by atoms with Crippen LogP contribution in [0.1, 0.15) is 39.5 Å². The molecule has 0 aliphatic heterocycles. The molecule has 2 unspecified atom stereocenters. The Bertz CT molecular complexity index is 286. The van der Waals surface area contributed by atoms with E-state index >= 15 is 0 Å². The van der Waals surface area contributed by atoms with Crippen molar-refractivity contribution in [3.05, 3.63) is 0 Å². The van der Waals surface area contributed by atoms with Gasteiger partial charge in [0.15, 0.2) is 0 Å². The highest BCUT2D eigenvalue weighted by molar-refractivity contribution is 7.91. The molecule has 1 aliphatic carbocycles. The molecule has 0 heterocycles. The van der Waals surface area contributed by atoms with E-state index in [0.717, 1.165) is 19.3 Å². The molecule has 0 aromatic heterocycles. The van der Waals surface area contributed by atoms with Crippen LogP contribution in [0.5, 0.6) is 0 Å². The molecular weight excluding hydrogens is 198 g/mol. The van der Waals surface area contributed by atoms with Crippen LogP contribution in [0, 0.1) is 5.92 Å². The molecule has 0 spiro atoms. The Labute approximate surface area is 87.0 Å². The van der Waals surface area contributed by atoms with Gasteiger partial charge in [0, 0.05) is 11.3 Å². The van der Waals surface area contributed by atoms with Crippen LogP contribution in [0.4, 0.5) is 0 Å². The van der Waals surface area contributed by atoms with Crippen LogP contribution in [0.15, 0.2) is 0 Å².